The van der Waals surface area contributed by atoms with Crippen molar-refractivity contribution in [3.8, 4) is 0 Å². The van der Waals surface area contributed by atoms with Gasteiger partial charge in [0.05, 0.1) is 24.3 Å². The van der Waals surface area contributed by atoms with Crippen LogP contribution in [0.5, 0.6) is 0 Å². The second-order valence-corrected chi connectivity index (χ2v) is 9.05. The van der Waals surface area contributed by atoms with Gasteiger partial charge in [0.2, 0.25) is 5.91 Å². The fraction of sp³-hybridized carbons (Fsp3) is 0.185. The van der Waals surface area contributed by atoms with Gasteiger partial charge in [-0.3, -0.25) is 14.5 Å². The van der Waals surface area contributed by atoms with Crippen molar-refractivity contribution in [2.24, 2.45) is 0 Å². The molecule has 37 heavy (non-hydrogen) atoms. The van der Waals surface area contributed by atoms with Gasteiger partial charge in [-0.1, -0.05) is 23.7 Å². The number of esters is 1. The zero-order valence-electron chi connectivity index (χ0n) is 19.8. The number of nitrogens with one attached hydrogen (secondary N) is 1. The SMILES string of the molecule is CCOC(=O)c1ccc(N2C(=O)[C@H](CC(=O)Nc3ccc(Cl)cc3)N(Cc3ccc(F)cc3)C2=S)cc1. The molecule has 0 radical (unpaired) electrons. The minimum Gasteiger partial charge on any atom is -0.462 e. The average molecular weight is 540 g/mol. The number of hydrogen-bond donors (Lipinski definition) is 1. The Bertz CT molecular complexity index is 1320. The summed E-state index contributed by atoms with van der Waals surface area (Å²) in [6, 6.07) is 17.9. The Morgan fingerprint density at radius 2 is 1.68 bits per heavy atom. The summed E-state index contributed by atoms with van der Waals surface area (Å²) in [4.78, 5) is 41.5. The van der Waals surface area contributed by atoms with Gasteiger partial charge < -0.3 is 15.0 Å². The van der Waals surface area contributed by atoms with Crippen molar-refractivity contribution < 1.29 is 23.5 Å². The molecule has 1 saturated heterocycles. The number of amides is 2. The number of nitrogens with zero attached hydrogens (tertiary/aromatic N) is 2. The van der Waals surface area contributed by atoms with E-state index in [9.17, 15) is 18.8 Å². The summed E-state index contributed by atoms with van der Waals surface area (Å²) in [6.45, 7) is 2.15. The third-order valence-electron chi connectivity index (χ3n) is 5.73. The molecule has 0 unspecified atom stereocenters. The average Bonchev–Trinajstić information content (AvgIpc) is 3.10. The number of halogens is 2. The lowest BCUT2D eigenvalue weighted by molar-refractivity contribution is -0.124. The highest BCUT2D eigenvalue weighted by Crippen LogP contribution is 2.29. The van der Waals surface area contributed by atoms with E-state index in [0.29, 0.717) is 22.0 Å². The molecule has 3 aromatic carbocycles. The molecule has 1 fully saturated rings. The van der Waals surface area contributed by atoms with E-state index < -0.39 is 12.0 Å². The third kappa shape index (κ3) is 6.12. The Kier molecular flexibility index (Phi) is 8.15. The predicted molar refractivity (Wildman–Crippen MR) is 143 cm³/mol. The second-order valence-electron chi connectivity index (χ2n) is 8.25. The molecule has 1 heterocycles. The van der Waals surface area contributed by atoms with Crippen molar-refractivity contribution in [2.45, 2.75) is 25.9 Å². The van der Waals surface area contributed by atoms with E-state index in [1.807, 2.05) is 0 Å². The lowest BCUT2D eigenvalue weighted by atomic mass is 10.1. The topological polar surface area (TPSA) is 78.9 Å². The van der Waals surface area contributed by atoms with E-state index in [1.54, 1.807) is 72.5 Å². The molecule has 0 spiro atoms. The fourth-order valence-electron chi connectivity index (χ4n) is 3.92. The van der Waals surface area contributed by atoms with Crippen LogP contribution in [0.2, 0.25) is 5.02 Å². The summed E-state index contributed by atoms with van der Waals surface area (Å²) < 4.78 is 18.5. The van der Waals surface area contributed by atoms with Gasteiger partial charge in [0.15, 0.2) is 5.11 Å². The maximum Gasteiger partial charge on any atom is 0.338 e. The van der Waals surface area contributed by atoms with Crippen LogP contribution in [0.15, 0.2) is 72.8 Å². The van der Waals surface area contributed by atoms with Crippen LogP contribution in [0.1, 0.15) is 29.3 Å². The molecule has 1 aliphatic heterocycles. The molecule has 1 atom stereocenters. The monoisotopic (exact) mass is 539 g/mol. The van der Waals surface area contributed by atoms with Crippen molar-refractivity contribution in [1.29, 1.82) is 0 Å². The predicted octanol–water partition coefficient (Wildman–Crippen LogP) is 5.19. The number of thiocarbonyl (C=S) groups is 1. The zero-order chi connectivity index (χ0) is 26.5. The smallest absolute Gasteiger partial charge is 0.338 e. The summed E-state index contributed by atoms with van der Waals surface area (Å²) in [5.41, 5.74) is 2.05. The van der Waals surface area contributed by atoms with Crippen LogP contribution in [0.3, 0.4) is 0 Å². The van der Waals surface area contributed by atoms with Crippen molar-refractivity contribution >= 4 is 58.1 Å². The minimum absolute atomic E-state index is 0.166. The summed E-state index contributed by atoms with van der Waals surface area (Å²) in [5.74, 6) is -1.63. The molecular formula is C27H23ClFN3O4S. The van der Waals surface area contributed by atoms with E-state index >= 15 is 0 Å². The Morgan fingerprint density at radius 1 is 1.03 bits per heavy atom. The normalized spacial score (nSPS) is 15.2. The molecule has 1 aliphatic rings. The van der Waals surface area contributed by atoms with Gasteiger partial charge >= 0.3 is 5.97 Å². The van der Waals surface area contributed by atoms with Crippen LogP contribution in [0.4, 0.5) is 15.8 Å². The number of anilines is 2. The standard InChI is InChI=1S/C27H23ClFN3O4S/c1-2-36-26(35)18-5-13-22(14-6-18)32-25(34)23(15-24(33)30-21-11-7-19(28)8-12-21)31(27(32)37)16-17-3-9-20(29)10-4-17/h3-14,23H,2,15-16H2,1H3,(H,30,33)/t23-/m0/s1. The Hall–Kier alpha value is -3.82. The quantitative estimate of drug-likeness (QED) is 0.314. The summed E-state index contributed by atoms with van der Waals surface area (Å²) in [5, 5.41) is 3.50. The number of benzene rings is 3. The lowest BCUT2D eigenvalue weighted by Gasteiger charge is -2.24. The fourth-order valence-corrected chi connectivity index (χ4v) is 4.43. The second kappa shape index (κ2) is 11.5. The molecule has 190 valence electrons. The highest BCUT2D eigenvalue weighted by atomic mass is 35.5. The summed E-state index contributed by atoms with van der Waals surface area (Å²) >= 11 is 11.6. The lowest BCUT2D eigenvalue weighted by Crippen LogP contribution is -2.37. The summed E-state index contributed by atoms with van der Waals surface area (Å²) in [6.07, 6.45) is -0.166. The van der Waals surface area contributed by atoms with Gasteiger partial charge in [-0.05, 0) is 85.4 Å². The maximum absolute atomic E-state index is 13.6. The van der Waals surface area contributed by atoms with Crippen molar-refractivity contribution in [3.63, 3.8) is 0 Å². The highest BCUT2D eigenvalue weighted by molar-refractivity contribution is 7.80. The van der Waals surface area contributed by atoms with Crippen LogP contribution in [-0.4, -0.2) is 40.4 Å². The third-order valence-corrected chi connectivity index (χ3v) is 6.40. The van der Waals surface area contributed by atoms with Gasteiger partial charge in [0, 0.05) is 17.3 Å². The number of rotatable bonds is 8. The Morgan fingerprint density at radius 3 is 2.30 bits per heavy atom. The van der Waals surface area contributed by atoms with Crippen LogP contribution in [-0.2, 0) is 20.9 Å². The van der Waals surface area contributed by atoms with Crippen molar-refractivity contribution in [3.05, 3.63) is 94.8 Å². The van der Waals surface area contributed by atoms with Crippen LogP contribution in [0.25, 0.3) is 0 Å². The molecule has 0 bridgehead atoms. The number of carbonyl (C=O) groups is 3. The van der Waals surface area contributed by atoms with E-state index in [0.717, 1.165) is 5.56 Å². The van der Waals surface area contributed by atoms with Gasteiger partial charge in [-0.25, -0.2) is 9.18 Å². The van der Waals surface area contributed by atoms with Gasteiger partial charge in [0.25, 0.3) is 5.91 Å². The molecule has 1 N–H and O–H groups in total. The Labute approximate surface area is 223 Å². The molecule has 0 saturated carbocycles. The molecule has 4 rings (SSSR count). The number of carbonyl (C=O) groups excluding carboxylic acids is 3. The maximum atomic E-state index is 13.6. The van der Waals surface area contributed by atoms with Gasteiger partial charge in [0.1, 0.15) is 11.9 Å². The van der Waals surface area contributed by atoms with E-state index in [1.165, 1.54) is 17.0 Å². The minimum atomic E-state index is -0.894. The largest absolute Gasteiger partial charge is 0.462 e. The van der Waals surface area contributed by atoms with Crippen LogP contribution in [0, 0.1) is 5.82 Å². The first-order chi connectivity index (χ1) is 17.8. The first-order valence-corrected chi connectivity index (χ1v) is 12.3. The van der Waals surface area contributed by atoms with Crippen molar-refractivity contribution in [2.75, 3.05) is 16.8 Å². The molecule has 2 amide bonds. The molecular weight excluding hydrogens is 517 g/mol. The summed E-state index contributed by atoms with van der Waals surface area (Å²) in [7, 11) is 0. The van der Waals surface area contributed by atoms with Crippen molar-refractivity contribution in [1.82, 2.24) is 4.90 Å². The highest BCUT2D eigenvalue weighted by Gasteiger charge is 2.44. The van der Waals surface area contributed by atoms with Gasteiger partial charge in [-0.15, -0.1) is 0 Å². The molecule has 0 aliphatic carbocycles. The van der Waals surface area contributed by atoms with E-state index in [-0.39, 0.29) is 42.3 Å². The molecule has 7 nitrogen and oxygen atoms in total. The number of ether oxygens (including phenoxy) is 1. The van der Waals surface area contributed by atoms with E-state index in [4.69, 9.17) is 28.6 Å². The number of hydrogen-bond acceptors (Lipinski definition) is 5. The van der Waals surface area contributed by atoms with Crippen LogP contribution < -0.4 is 10.2 Å². The van der Waals surface area contributed by atoms with E-state index in [2.05, 4.69) is 5.32 Å². The first kappa shape index (κ1) is 26.2. The Balaban J connectivity index is 1.59. The first-order valence-electron chi connectivity index (χ1n) is 11.5. The molecule has 10 heteroatoms. The zero-order valence-corrected chi connectivity index (χ0v) is 21.4. The van der Waals surface area contributed by atoms with Gasteiger partial charge in [-0.2, -0.15) is 0 Å². The van der Waals surface area contributed by atoms with Crippen LogP contribution >= 0.6 is 23.8 Å². The molecule has 3 aromatic rings. The molecule has 0 aromatic heterocycles.